The number of amidine groups is 1. The lowest BCUT2D eigenvalue weighted by molar-refractivity contribution is 0.0994. The number of benzene rings is 2. The van der Waals surface area contributed by atoms with Gasteiger partial charge in [-0.15, -0.1) is 0 Å². The molecule has 0 bridgehead atoms. The van der Waals surface area contributed by atoms with Crippen LogP contribution < -0.4 is 0 Å². The van der Waals surface area contributed by atoms with Gasteiger partial charge < -0.3 is 9.64 Å². The summed E-state index contributed by atoms with van der Waals surface area (Å²) in [7, 11) is 1.87. The fourth-order valence-electron chi connectivity index (χ4n) is 2.21. The Morgan fingerprint density at radius 3 is 2.52 bits per heavy atom. The number of nitrogens with zero attached hydrogens (tertiary/aromatic N) is 2. The van der Waals surface area contributed by atoms with Crippen LogP contribution in [0.15, 0.2) is 59.6 Å². The lowest BCUT2D eigenvalue weighted by Crippen LogP contribution is -2.29. The predicted octanol–water partition coefficient (Wildman–Crippen LogP) is 3.66. The van der Waals surface area contributed by atoms with Gasteiger partial charge in [0.1, 0.15) is 0 Å². The van der Waals surface area contributed by atoms with Crippen molar-refractivity contribution in [2.24, 2.45) is 4.99 Å². The number of amides is 1. The third-order valence-electron chi connectivity index (χ3n) is 3.32. The molecule has 4 heteroatoms. The van der Waals surface area contributed by atoms with Gasteiger partial charge in [0.2, 0.25) is 0 Å². The molecule has 0 saturated heterocycles. The third kappa shape index (κ3) is 4.95. The molecule has 0 aromatic heterocycles. The normalized spacial score (nSPS) is 11.2. The molecular weight excluding hydrogens is 288 g/mol. The highest BCUT2D eigenvalue weighted by molar-refractivity contribution is 6.01. The zero-order valence-corrected chi connectivity index (χ0v) is 13.8. The summed E-state index contributed by atoms with van der Waals surface area (Å²) < 4.78 is 5.55. The van der Waals surface area contributed by atoms with Gasteiger partial charge in [0, 0.05) is 19.2 Å². The van der Waals surface area contributed by atoms with Crippen molar-refractivity contribution in [1.82, 2.24) is 4.90 Å². The summed E-state index contributed by atoms with van der Waals surface area (Å²) in [4.78, 5) is 18.3. The summed E-state index contributed by atoms with van der Waals surface area (Å²) >= 11 is 0. The van der Waals surface area contributed by atoms with Crippen LogP contribution in [-0.4, -0.2) is 30.5 Å². The van der Waals surface area contributed by atoms with Crippen LogP contribution in [0, 0.1) is 6.92 Å². The van der Waals surface area contributed by atoms with Crippen molar-refractivity contribution in [2.45, 2.75) is 20.4 Å². The molecule has 23 heavy (non-hydrogen) atoms. The molecule has 0 N–H and O–H groups in total. The highest BCUT2D eigenvalue weighted by Gasteiger charge is 2.12. The van der Waals surface area contributed by atoms with E-state index < -0.39 is 0 Å². The van der Waals surface area contributed by atoms with Crippen molar-refractivity contribution in [2.75, 3.05) is 13.7 Å². The van der Waals surface area contributed by atoms with Gasteiger partial charge in [-0.05, 0) is 31.5 Å². The molecule has 0 aliphatic heterocycles. The summed E-state index contributed by atoms with van der Waals surface area (Å²) in [5.41, 5.74) is 2.72. The predicted molar refractivity (Wildman–Crippen MR) is 92.5 cm³/mol. The maximum absolute atomic E-state index is 12.3. The molecule has 0 unspecified atom stereocenters. The Morgan fingerprint density at radius 1 is 1.13 bits per heavy atom. The second-order valence-electron chi connectivity index (χ2n) is 5.34. The average Bonchev–Trinajstić information content (AvgIpc) is 2.55. The largest absolute Gasteiger partial charge is 0.465 e. The summed E-state index contributed by atoms with van der Waals surface area (Å²) in [6.45, 7) is 4.91. The molecule has 4 nitrogen and oxygen atoms in total. The van der Waals surface area contributed by atoms with Crippen molar-refractivity contribution in [3.63, 3.8) is 0 Å². The van der Waals surface area contributed by atoms with Crippen LogP contribution in [0.5, 0.6) is 0 Å². The van der Waals surface area contributed by atoms with Crippen LogP contribution >= 0.6 is 0 Å². The number of carbonyl (C=O) groups is 1. The Bertz CT molecular complexity index is 681. The van der Waals surface area contributed by atoms with Crippen LogP contribution in [0.25, 0.3) is 0 Å². The fraction of sp³-hybridized carbons (Fsp3) is 0.263. The van der Waals surface area contributed by atoms with E-state index in [1.54, 1.807) is 6.07 Å². The highest BCUT2D eigenvalue weighted by atomic mass is 16.5. The van der Waals surface area contributed by atoms with Crippen molar-refractivity contribution in [3.05, 3.63) is 71.3 Å². The zero-order valence-electron chi connectivity index (χ0n) is 13.8. The topological polar surface area (TPSA) is 41.9 Å². The van der Waals surface area contributed by atoms with E-state index in [0.717, 1.165) is 11.1 Å². The van der Waals surface area contributed by atoms with Crippen LogP contribution in [-0.2, 0) is 11.3 Å². The van der Waals surface area contributed by atoms with E-state index in [4.69, 9.17) is 4.74 Å². The number of aryl methyl sites for hydroxylation is 1. The highest BCUT2D eigenvalue weighted by Crippen LogP contribution is 2.08. The second kappa shape index (κ2) is 8.13. The Hall–Kier alpha value is -2.62. The zero-order chi connectivity index (χ0) is 16.7. The minimum atomic E-state index is -0.294. The van der Waals surface area contributed by atoms with Crippen LogP contribution in [0.1, 0.15) is 28.4 Å². The van der Waals surface area contributed by atoms with Gasteiger partial charge >= 0.3 is 0 Å². The first-order valence-electron chi connectivity index (χ1n) is 7.67. The van der Waals surface area contributed by atoms with Crippen molar-refractivity contribution < 1.29 is 9.53 Å². The molecule has 0 atom stereocenters. The van der Waals surface area contributed by atoms with Gasteiger partial charge in [-0.3, -0.25) is 4.79 Å². The molecule has 0 fully saturated rings. The first kappa shape index (κ1) is 16.7. The summed E-state index contributed by atoms with van der Waals surface area (Å²) in [5.74, 6) is -0.294. The molecule has 0 aliphatic carbocycles. The minimum Gasteiger partial charge on any atom is -0.465 e. The molecule has 0 aliphatic rings. The number of aliphatic imine (C=N–C) groups is 1. The Labute approximate surface area is 137 Å². The van der Waals surface area contributed by atoms with Crippen molar-refractivity contribution >= 4 is 11.9 Å². The summed E-state index contributed by atoms with van der Waals surface area (Å²) in [6.07, 6.45) is 0. The first-order chi connectivity index (χ1) is 11.1. The molecular formula is C19H22N2O2. The average molecular weight is 310 g/mol. The van der Waals surface area contributed by atoms with E-state index in [0.29, 0.717) is 24.7 Å². The Balaban J connectivity index is 2.17. The van der Waals surface area contributed by atoms with E-state index in [2.05, 4.69) is 4.99 Å². The molecule has 0 heterocycles. The van der Waals surface area contributed by atoms with E-state index in [-0.39, 0.29) is 5.91 Å². The van der Waals surface area contributed by atoms with Gasteiger partial charge in [-0.2, -0.15) is 4.99 Å². The quantitative estimate of drug-likeness (QED) is 0.639. The number of ether oxygens (including phenoxy) is 1. The maximum Gasteiger partial charge on any atom is 0.295 e. The lowest BCUT2D eigenvalue weighted by Gasteiger charge is -2.20. The summed E-state index contributed by atoms with van der Waals surface area (Å²) in [5, 5.41) is 0. The van der Waals surface area contributed by atoms with E-state index in [1.807, 2.05) is 74.3 Å². The molecule has 2 rings (SSSR count). The molecule has 2 aromatic rings. The van der Waals surface area contributed by atoms with Crippen LogP contribution in [0.2, 0.25) is 0 Å². The fourth-order valence-corrected chi connectivity index (χ4v) is 2.21. The standard InChI is InChI=1S/C19H22N2O2/c1-4-23-19(21(3)14-16-10-6-5-7-11-16)20-18(22)17-12-8-9-15(2)13-17/h5-13H,4,14H2,1-3H3. The van der Waals surface area contributed by atoms with Crippen LogP contribution in [0.4, 0.5) is 0 Å². The molecule has 2 aromatic carbocycles. The van der Waals surface area contributed by atoms with E-state index in [1.165, 1.54) is 0 Å². The number of hydrogen-bond donors (Lipinski definition) is 0. The van der Waals surface area contributed by atoms with Gasteiger partial charge in [-0.1, -0.05) is 48.0 Å². The van der Waals surface area contributed by atoms with E-state index >= 15 is 0 Å². The SMILES string of the molecule is CCOC(=NC(=O)c1cccc(C)c1)N(C)Cc1ccccc1. The number of carbonyl (C=O) groups excluding carboxylic acids is 1. The molecule has 0 saturated carbocycles. The Morgan fingerprint density at radius 2 is 1.87 bits per heavy atom. The molecule has 0 spiro atoms. The Kier molecular flexibility index (Phi) is 5.92. The van der Waals surface area contributed by atoms with Crippen molar-refractivity contribution in [1.29, 1.82) is 0 Å². The van der Waals surface area contributed by atoms with Gasteiger partial charge in [0.25, 0.3) is 11.9 Å². The monoisotopic (exact) mass is 310 g/mol. The number of rotatable bonds is 4. The second-order valence-corrected chi connectivity index (χ2v) is 5.34. The third-order valence-corrected chi connectivity index (χ3v) is 3.32. The lowest BCUT2D eigenvalue weighted by atomic mass is 10.1. The van der Waals surface area contributed by atoms with Gasteiger partial charge in [0.05, 0.1) is 6.61 Å². The summed E-state index contributed by atoms with van der Waals surface area (Å²) in [6, 6.07) is 17.7. The maximum atomic E-state index is 12.3. The molecule has 120 valence electrons. The van der Waals surface area contributed by atoms with Crippen molar-refractivity contribution in [3.8, 4) is 0 Å². The molecule has 0 radical (unpaired) electrons. The van der Waals surface area contributed by atoms with Gasteiger partial charge in [0.15, 0.2) is 0 Å². The minimum absolute atomic E-state index is 0.294. The first-order valence-corrected chi connectivity index (χ1v) is 7.67. The van der Waals surface area contributed by atoms with Crippen LogP contribution in [0.3, 0.4) is 0 Å². The van der Waals surface area contributed by atoms with Gasteiger partial charge in [-0.25, -0.2) is 0 Å². The molecule has 1 amide bonds. The smallest absolute Gasteiger partial charge is 0.295 e. The van der Waals surface area contributed by atoms with E-state index in [9.17, 15) is 4.79 Å². The number of hydrogen-bond acceptors (Lipinski definition) is 2.